The maximum atomic E-state index is 11.9. The van der Waals surface area contributed by atoms with Crippen molar-refractivity contribution in [3.8, 4) is 5.75 Å². The van der Waals surface area contributed by atoms with Crippen molar-refractivity contribution in [2.24, 2.45) is 5.73 Å². The van der Waals surface area contributed by atoms with Gasteiger partial charge in [0.25, 0.3) is 5.91 Å². The van der Waals surface area contributed by atoms with Crippen LogP contribution < -0.4 is 21.1 Å². The number of unbranched alkanes of at least 4 members (excludes halogenated alkanes) is 1. The van der Waals surface area contributed by atoms with Gasteiger partial charge < -0.3 is 21.1 Å². The van der Waals surface area contributed by atoms with Crippen LogP contribution in [-0.2, 0) is 9.59 Å². The van der Waals surface area contributed by atoms with Crippen molar-refractivity contribution in [2.45, 2.75) is 25.4 Å². The van der Waals surface area contributed by atoms with E-state index >= 15 is 0 Å². The molecule has 0 saturated heterocycles. The molecule has 0 spiro atoms. The van der Waals surface area contributed by atoms with E-state index in [0.717, 1.165) is 12.1 Å². The van der Waals surface area contributed by atoms with Gasteiger partial charge in [0, 0.05) is 13.0 Å². The molecule has 6 nitrogen and oxygen atoms in total. The lowest BCUT2D eigenvalue weighted by atomic mass is 10.2. The van der Waals surface area contributed by atoms with Crippen molar-refractivity contribution < 1.29 is 14.3 Å². The SMILES string of the molecule is NC(=O)CCCCNC(=O)C1CNc2ccccc2O1. The molecule has 1 atom stereocenters. The maximum absolute atomic E-state index is 11.9. The number of ether oxygens (including phenoxy) is 1. The number of benzene rings is 1. The standard InChI is InChI=1S/C14H19N3O3/c15-13(18)7-3-4-8-16-14(19)12-9-17-10-5-1-2-6-11(10)20-12/h1-2,5-6,12,17H,3-4,7-9H2,(H2,15,18)(H,16,19). The summed E-state index contributed by atoms with van der Waals surface area (Å²) in [5, 5.41) is 5.96. The highest BCUT2D eigenvalue weighted by Crippen LogP contribution is 2.28. The van der Waals surface area contributed by atoms with Gasteiger partial charge in [-0.15, -0.1) is 0 Å². The molecule has 0 bridgehead atoms. The highest BCUT2D eigenvalue weighted by molar-refractivity contribution is 5.83. The predicted molar refractivity (Wildman–Crippen MR) is 75.4 cm³/mol. The summed E-state index contributed by atoms with van der Waals surface area (Å²) in [6, 6.07) is 7.51. The van der Waals surface area contributed by atoms with Crippen molar-refractivity contribution in [1.82, 2.24) is 5.32 Å². The van der Waals surface area contributed by atoms with Gasteiger partial charge in [0.15, 0.2) is 6.10 Å². The van der Waals surface area contributed by atoms with E-state index in [1.165, 1.54) is 0 Å². The fourth-order valence-corrected chi connectivity index (χ4v) is 2.01. The summed E-state index contributed by atoms with van der Waals surface area (Å²) in [6.45, 7) is 0.970. The molecule has 1 unspecified atom stereocenters. The normalized spacial score (nSPS) is 16.5. The first-order valence-corrected chi connectivity index (χ1v) is 6.72. The average Bonchev–Trinajstić information content (AvgIpc) is 2.46. The first kappa shape index (κ1) is 14.2. The second-order valence-electron chi connectivity index (χ2n) is 4.70. The average molecular weight is 277 g/mol. The second kappa shape index (κ2) is 6.79. The van der Waals surface area contributed by atoms with Crippen LogP contribution in [0.4, 0.5) is 5.69 Å². The minimum atomic E-state index is -0.527. The molecule has 4 N–H and O–H groups in total. The molecule has 0 radical (unpaired) electrons. The molecule has 0 fully saturated rings. The molecule has 1 aromatic carbocycles. The van der Waals surface area contributed by atoms with Crippen LogP contribution in [0.1, 0.15) is 19.3 Å². The number of carbonyl (C=O) groups is 2. The molecule has 20 heavy (non-hydrogen) atoms. The third-order valence-corrected chi connectivity index (χ3v) is 3.08. The lowest BCUT2D eigenvalue weighted by Gasteiger charge is -2.26. The molecule has 6 heteroatoms. The van der Waals surface area contributed by atoms with Gasteiger partial charge in [-0.25, -0.2) is 0 Å². The largest absolute Gasteiger partial charge is 0.477 e. The molecule has 1 aliphatic rings. The fourth-order valence-electron chi connectivity index (χ4n) is 2.01. The number of nitrogens with one attached hydrogen (secondary N) is 2. The third-order valence-electron chi connectivity index (χ3n) is 3.08. The van der Waals surface area contributed by atoms with Gasteiger partial charge in [0.2, 0.25) is 5.91 Å². The zero-order valence-corrected chi connectivity index (χ0v) is 11.2. The summed E-state index contributed by atoms with van der Waals surface area (Å²) < 4.78 is 5.64. The first-order chi connectivity index (χ1) is 9.66. The molecule has 0 aliphatic carbocycles. The minimum absolute atomic E-state index is 0.147. The van der Waals surface area contributed by atoms with Gasteiger partial charge in [-0.3, -0.25) is 9.59 Å². The Labute approximate surface area is 117 Å². The van der Waals surface area contributed by atoms with Crippen molar-refractivity contribution in [3.05, 3.63) is 24.3 Å². The quantitative estimate of drug-likeness (QED) is 0.665. The van der Waals surface area contributed by atoms with Crippen LogP contribution in [0.3, 0.4) is 0 Å². The highest BCUT2D eigenvalue weighted by Gasteiger charge is 2.25. The highest BCUT2D eigenvalue weighted by atomic mass is 16.5. The number of hydrogen-bond donors (Lipinski definition) is 3. The van der Waals surface area contributed by atoms with Gasteiger partial charge in [0.1, 0.15) is 5.75 Å². The van der Waals surface area contributed by atoms with Gasteiger partial charge in [-0.05, 0) is 25.0 Å². The molecule has 0 aromatic heterocycles. The molecule has 1 aromatic rings. The van der Waals surface area contributed by atoms with E-state index in [1.54, 1.807) is 0 Å². The van der Waals surface area contributed by atoms with Crippen LogP contribution >= 0.6 is 0 Å². The third kappa shape index (κ3) is 3.88. The molecule has 108 valence electrons. The van der Waals surface area contributed by atoms with E-state index in [-0.39, 0.29) is 11.8 Å². The van der Waals surface area contributed by atoms with E-state index in [4.69, 9.17) is 10.5 Å². The number of carbonyl (C=O) groups excluding carboxylic acids is 2. The lowest BCUT2D eigenvalue weighted by molar-refractivity contribution is -0.127. The molecular formula is C14H19N3O3. The van der Waals surface area contributed by atoms with E-state index in [9.17, 15) is 9.59 Å². The second-order valence-corrected chi connectivity index (χ2v) is 4.70. The fraction of sp³-hybridized carbons (Fsp3) is 0.429. The maximum Gasteiger partial charge on any atom is 0.262 e. The number of rotatable bonds is 6. The molecule has 2 rings (SSSR count). The van der Waals surface area contributed by atoms with E-state index in [2.05, 4.69) is 10.6 Å². The lowest BCUT2D eigenvalue weighted by Crippen LogP contribution is -2.44. The number of anilines is 1. The number of amides is 2. The Morgan fingerprint density at radius 3 is 2.95 bits per heavy atom. The van der Waals surface area contributed by atoms with E-state index < -0.39 is 6.10 Å². The van der Waals surface area contributed by atoms with E-state index in [0.29, 0.717) is 31.7 Å². The summed E-state index contributed by atoms with van der Waals surface area (Å²) in [5.74, 6) is 0.228. The van der Waals surface area contributed by atoms with Crippen molar-refractivity contribution in [1.29, 1.82) is 0 Å². The van der Waals surface area contributed by atoms with Crippen LogP contribution in [-0.4, -0.2) is 31.0 Å². The Hall–Kier alpha value is -2.24. The van der Waals surface area contributed by atoms with Crippen LogP contribution in [0.5, 0.6) is 5.75 Å². The summed E-state index contributed by atoms with van der Waals surface area (Å²) in [6.07, 6.45) is 1.24. The summed E-state index contributed by atoms with van der Waals surface area (Å²) in [5.41, 5.74) is 5.94. The number of fused-ring (bicyclic) bond motifs is 1. The van der Waals surface area contributed by atoms with Crippen LogP contribution in [0.2, 0.25) is 0 Å². The van der Waals surface area contributed by atoms with Crippen LogP contribution in [0.25, 0.3) is 0 Å². The minimum Gasteiger partial charge on any atom is -0.477 e. The van der Waals surface area contributed by atoms with Crippen LogP contribution in [0, 0.1) is 0 Å². The molecule has 1 aliphatic heterocycles. The zero-order valence-electron chi connectivity index (χ0n) is 11.2. The van der Waals surface area contributed by atoms with Gasteiger partial charge in [0.05, 0.1) is 12.2 Å². The zero-order chi connectivity index (χ0) is 14.4. The topological polar surface area (TPSA) is 93.5 Å². The summed E-state index contributed by atoms with van der Waals surface area (Å²) in [4.78, 5) is 22.5. The predicted octanol–water partition coefficient (Wildman–Crippen LogP) is 0.631. The van der Waals surface area contributed by atoms with Crippen molar-refractivity contribution in [3.63, 3.8) is 0 Å². The monoisotopic (exact) mass is 277 g/mol. The number of hydrogen-bond acceptors (Lipinski definition) is 4. The van der Waals surface area contributed by atoms with Gasteiger partial charge >= 0.3 is 0 Å². The Bertz CT molecular complexity index is 490. The molecule has 1 heterocycles. The summed E-state index contributed by atoms with van der Waals surface area (Å²) >= 11 is 0. The van der Waals surface area contributed by atoms with Crippen molar-refractivity contribution in [2.75, 3.05) is 18.4 Å². The first-order valence-electron chi connectivity index (χ1n) is 6.72. The van der Waals surface area contributed by atoms with E-state index in [1.807, 2.05) is 24.3 Å². The molecule has 0 saturated carbocycles. The number of primary amides is 1. The van der Waals surface area contributed by atoms with Gasteiger partial charge in [-0.1, -0.05) is 12.1 Å². The van der Waals surface area contributed by atoms with Gasteiger partial charge in [-0.2, -0.15) is 0 Å². The molecular weight excluding hydrogens is 258 g/mol. The Balaban J connectivity index is 1.73. The Morgan fingerprint density at radius 2 is 2.15 bits per heavy atom. The Morgan fingerprint density at radius 1 is 1.35 bits per heavy atom. The van der Waals surface area contributed by atoms with Crippen LogP contribution in [0.15, 0.2) is 24.3 Å². The summed E-state index contributed by atoms with van der Waals surface area (Å²) in [7, 11) is 0. The Kier molecular flexibility index (Phi) is 4.81. The number of nitrogens with two attached hydrogens (primary N) is 1. The smallest absolute Gasteiger partial charge is 0.262 e. The number of para-hydroxylation sites is 2. The molecule has 2 amide bonds. The van der Waals surface area contributed by atoms with Crippen molar-refractivity contribution >= 4 is 17.5 Å².